The quantitative estimate of drug-likeness (QED) is 0.362. The van der Waals surface area contributed by atoms with E-state index in [4.69, 9.17) is 4.74 Å². The number of carboxylic acid groups (broad SMARTS) is 1. The number of alkyl carbamates (subject to hydrolysis) is 1. The molecule has 0 spiro atoms. The Balaban J connectivity index is 2.80. The number of hydrogen-bond acceptors (Lipinski definition) is 6. The van der Waals surface area contributed by atoms with Crippen LogP contribution in [0.15, 0.2) is 34.2 Å². The van der Waals surface area contributed by atoms with Crippen molar-refractivity contribution < 1.29 is 37.7 Å². The van der Waals surface area contributed by atoms with Crippen molar-refractivity contribution in [2.45, 2.75) is 70.3 Å². The standard InChI is InChI=1S/C24H31BrF3N3O5S/c1-21(2,3)31(20(34)35)12-17(30-19(33)36-22(4,5)6)23(13-32,18-29-9-10-37-18)14-7-8-15(16(25)11-14)24(26,27)28/h7-11,17,32H,12-13H2,1-6H3,(H,30,33)(H,34,35)/t17-,23+/m0/s1. The molecular formula is C24H31BrF3N3O5S. The zero-order valence-corrected chi connectivity index (χ0v) is 23.7. The molecule has 0 saturated carbocycles. The molecule has 206 valence electrons. The molecule has 8 nitrogen and oxygen atoms in total. The fourth-order valence-electron chi connectivity index (χ4n) is 3.81. The maximum atomic E-state index is 13.5. The first-order valence-corrected chi connectivity index (χ1v) is 12.9. The van der Waals surface area contributed by atoms with Crippen LogP contribution < -0.4 is 5.32 Å². The second-order valence-corrected chi connectivity index (χ2v) is 12.2. The molecule has 2 aromatic rings. The molecule has 0 aliphatic carbocycles. The van der Waals surface area contributed by atoms with Crippen LogP contribution in [-0.4, -0.2) is 62.6 Å². The van der Waals surface area contributed by atoms with Crippen molar-refractivity contribution >= 4 is 39.5 Å². The number of aliphatic hydroxyl groups is 1. The number of aliphatic hydroxyl groups excluding tert-OH is 1. The SMILES string of the molecule is CC(C)(C)OC(=O)N[C@@H](CN(C(=O)O)C(C)(C)C)[C@@](CO)(c1ccc(C(F)(F)F)c(Br)c1)c1nccs1. The Labute approximate surface area is 226 Å². The molecule has 0 aliphatic heterocycles. The molecule has 2 rings (SSSR count). The predicted octanol–water partition coefficient (Wildman–Crippen LogP) is 5.87. The zero-order valence-electron chi connectivity index (χ0n) is 21.3. The van der Waals surface area contributed by atoms with Gasteiger partial charge in [-0.15, -0.1) is 11.3 Å². The lowest BCUT2D eigenvalue weighted by atomic mass is 9.74. The van der Waals surface area contributed by atoms with E-state index in [1.807, 2.05) is 0 Å². The molecule has 0 radical (unpaired) electrons. The minimum atomic E-state index is -4.64. The molecule has 0 aliphatic rings. The van der Waals surface area contributed by atoms with Crippen molar-refractivity contribution in [1.29, 1.82) is 0 Å². The van der Waals surface area contributed by atoms with Gasteiger partial charge in [0, 0.05) is 28.1 Å². The van der Waals surface area contributed by atoms with Gasteiger partial charge in [-0.1, -0.05) is 22.0 Å². The number of carbonyl (C=O) groups is 2. The number of halogens is 4. The van der Waals surface area contributed by atoms with Gasteiger partial charge < -0.3 is 25.2 Å². The lowest BCUT2D eigenvalue weighted by Crippen LogP contribution is -2.61. The highest BCUT2D eigenvalue weighted by Gasteiger charge is 2.48. The number of rotatable bonds is 7. The molecule has 1 aromatic heterocycles. The fraction of sp³-hybridized carbons (Fsp3) is 0.542. The van der Waals surface area contributed by atoms with Crippen LogP contribution in [0.1, 0.15) is 57.7 Å². The molecule has 1 heterocycles. The van der Waals surface area contributed by atoms with E-state index in [0.29, 0.717) is 0 Å². The summed E-state index contributed by atoms with van der Waals surface area (Å²) in [4.78, 5) is 30.5. The highest BCUT2D eigenvalue weighted by atomic mass is 79.9. The Kier molecular flexibility index (Phi) is 9.30. The molecule has 0 unspecified atom stereocenters. The van der Waals surface area contributed by atoms with Crippen molar-refractivity contribution in [1.82, 2.24) is 15.2 Å². The van der Waals surface area contributed by atoms with Gasteiger partial charge in [-0.3, -0.25) is 0 Å². The lowest BCUT2D eigenvalue weighted by Gasteiger charge is -2.43. The van der Waals surface area contributed by atoms with Crippen LogP contribution >= 0.6 is 27.3 Å². The Hall–Kier alpha value is -2.38. The second kappa shape index (κ2) is 11.2. The van der Waals surface area contributed by atoms with Gasteiger partial charge in [0.2, 0.25) is 0 Å². The molecule has 0 bridgehead atoms. The number of ether oxygens (including phenoxy) is 1. The van der Waals surface area contributed by atoms with E-state index in [-0.39, 0.29) is 21.6 Å². The maximum Gasteiger partial charge on any atom is 0.417 e. The first-order chi connectivity index (χ1) is 16.8. The van der Waals surface area contributed by atoms with E-state index < -0.39 is 53.1 Å². The van der Waals surface area contributed by atoms with Crippen molar-refractivity contribution in [3.63, 3.8) is 0 Å². The van der Waals surface area contributed by atoms with Crippen LogP contribution in [0.5, 0.6) is 0 Å². The van der Waals surface area contributed by atoms with Gasteiger partial charge in [-0.25, -0.2) is 14.6 Å². The number of thiazole rings is 1. The molecule has 0 fully saturated rings. The molecule has 13 heteroatoms. The van der Waals surface area contributed by atoms with Crippen LogP contribution in [0.4, 0.5) is 22.8 Å². The number of carbonyl (C=O) groups excluding carboxylic acids is 1. The molecular weight excluding hydrogens is 579 g/mol. The molecule has 37 heavy (non-hydrogen) atoms. The highest BCUT2D eigenvalue weighted by molar-refractivity contribution is 9.10. The first kappa shape index (κ1) is 30.8. The Bertz CT molecular complexity index is 1100. The molecule has 2 amide bonds. The number of amides is 2. The van der Waals surface area contributed by atoms with Gasteiger partial charge in [0.1, 0.15) is 10.6 Å². The van der Waals surface area contributed by atoms with Crippen molar-refractivity contribution in [2.75, 3.05) is 13.2 Å². The smallest absolute Gasteiger partial charge is 0.417 e. The Morgan fingerprint density at radius 3 is 2.22 bits per heavy atom. The van der Waals surface area contributed by atoms with E-state index in [1.165, 1.54) is 18.3 Å². The van der Waals surface area contributed by atoms with E-state index in [2.05, 4.69) is 26.2 Å². The third kappa shape index (κ3) is 7.35. The summed E-state index contributed by atoms with van der Waals surface area (Å²) < 4.78 is 45.6. The Morgan fingerprint density at radius 2 is 1.81 bits per heavy atom. The lowest BCUT2D eigenvalue weighted by molar-refractivity contribution is -0.138. The van der Waals surface area contributed by atoms with Crippen molar-refractivity contribution in [2.24, 2.45) is 0 Å². The van der Waals surface area contributed by atoms with Gasteiger partial charge in [-0.2, -0.15) is 13.2 Å². The number of aromatic nitrogens is 1. The number of benzene rings is 1. The topological polar surface area (TPSA) is 112 Å². The first-order valence-electron chi connectivity index (χ1n) is 11.2. The number of hydrogen-bond donors (Lipinski definition) is 3. The maximum absolute atomic E-state index is 13.5. The molecule has 1 aromatic carbocycles. The van der Waals surface area contributed by atoms with Gasteiger partial charge in [-0.05, 0) is 59.2 Å². The number of nitrogens with zero attached hydrogens (tertiary/aromatic N) is 2. The molecule has 3 N–H and O–H groups in total. The summed E-state index contributed by atoms with van der Waals surface area (Å²) >= 11 is 4.09. The van der Waals surface area contributed by atoms with Crippen LogP contribution in [0.2, 0.25) is 0 Å². The van der Waals surface area contributed by atoms with E-state index in [0.717, 1.165) is 22.3 Å². The van der Waals surface area contributed by atoms with E-state index >= 15 is 0 Å². The van der Waals surface area contributed by atoms with Gasteiger partial charge in [0.15, 0.2) is 0 Å². The number of nitrogens with one attached hydrogen (secondary N) is 1. The fourth-order valence-corrected chi connectivity index (χ4v) is 5.32. The third-order valence-corrected chi connectivity index (χ3v) is 7.15. The summed E-state index contributed by atoms with van der Waals surface area (Å²) in [6.45, 7) is 8.86. The minimum Gasteiger partial charge on any atom is -0.465 e. The van der Waals surface area contributed by atoms with Crippen LogP contribution in [0.25, 0.3) is 0 Å². The van der Waals surface area contributed by atoms with Gasteiger partial charge in [0.05, 0.1) is 23.6 Å². The van der Waals surface area contributed by atoms with Crippen LogP contribution in [0.3, 0.4) is 0 Å². The van der Waals surface area contributed by atoms with Crippen molar-refractivity contribution in [3.05, 3.63) is 50.4 Å². The largest absolute Gasteiger partial charge is 0.465 e. The highest BCUT2D eigenvalue weighted by Crippen LogP contribution is 2.42. The van der Waals surface area contributed by atoms with Gasteiger partial charge >= 0.3 is 18.4 Å². The Morgan fingerprint density at radius 1 is 1.19 bits per heavy atom. The molecule has 2 atom stereocenters. The van der Waals surface area contributed by atoms with E-state index in [9.17, 15) is 33.0 Å². The third-order valence-electron chi connectivity index (χ3n) is 5.54. The predicted molar refractivity (Wildman–Crippen MR) is 137 cm³/mol. The monoisotopic (exact) mass is 609 g/mol. The summed E-state index contributed by atoms with van der Waals surface area (Å²) in [5.41, 5.74) is -4.20. The van der Waals surface area contributed by atoms with E-state index in [1.54, 1.807) is 46.9 Å². The second-order valence-electron chi connectivity index (χ2n) is 10.4. The average Bonchev–Trinajstić information content (AvgIpc) is 3.24. The minimum absolute atomic E-state index is 0.185. The average molecular weight is 610 g/mol. The summed E-state index contributed by atoms with van der Waals surface area (Å²) in [7, 11) is 0. The zero-order chi connectivity index (χ0) is 28.4. The van der Waals surface area contributed by atoms with Gasteiger partial charge in [0.25, 0.3) is 0 Å². The van der Waals surface area contributed by atoms with Crippen LogP contribution in [-0.2, 0) is 16.3 Å². The van der Waals surface area contributed by atoms with Crippen LogP contribution in [0, 0.1) is 0 Å². The summed E-state index contributed by atoms with van der Waals surface area (Å²) in [6, 6.07) is 2.06. The summed E-state index contributed by atoms with van der Waals surface area (Å²) in [5, 5.41) is 25.4. The normalized spacial score (nSPS) is 15.0. The summed E-state index contributed by atoms with van der Waals surface area (Å²) in [5.74, 6) is 0. The molecule has 0 saturated heterocycles. The summed E-state index contributed by atoms with van der Waals surface area (Å²) in [6.07, 6.45) is -5.37. The number of alkyl halides is 3. The van der Waals surface area contributed by atoms with Crippen molar-refractivity contribution in [3.8, 4) is 0 Å².